The maximum atomic E-state index is 12.0. The number of aryl methyl sites for hydroxylation is 1. The molecule has 1 heterocycles. The Morgan fingerprint density at radius 3 is 2.68 bits per heavy atom. The van der Waals surface area contributed by atoms with E-state index < -0.39 is 11.2 Å². The van der Waals surface area contributed by atoms with E-state index in [2.05, 4.69) is 34.1 Å². The summed E-state index contributed by atoms with van der Waals surface area (Å²) in [6, 6.07) is 16.3. The lowest BCUT2D eigenvalue weighted by molar-refractivity contribution is -0.234. The Bertz CT molecular complexity index is 1240. The minimum atomic E-state index is -1.15. The Labute approximate surface area is 225 Å². The third-order valence-corrected chi connectivity index (χ3v) is 8.94. The van der Waals surface area contributed by atoms with Gasteiger partial charge in [-0.3, -0.25) is 4.84 Å². The predicted molar refractivity (Wildman–Crippen MR) is 144 cm³/mol. The van der Waals surface area contributed by atoms with Crippen LogP contribution in [-0.2, 0) is 35.3 Å². The molecule has 1 saturated carbocycles. The molecule has 0 spiro atoms. The number of nitrogens with zero attached hydrogens (tertiary/aromatic N) is 3. The lowest BCUT2D eigenvalue weighted by atomic mass is 9.49. The highest BCUT2D eigenvalue weighted by molar-refractivity contribution is 5.45. The molecular formula is C30H40N4O4. The van der Waals surface area contributed by atoms with Crippen molar-refractivity contribution < 1.29 is 19.2 Å². The van der Waals surface area contributed by atoms with Crippen LogP contribution >= 0.6 is 0 Å². The van der Waals surface area contributed by atoms with Crippen molar-refractivity contribution in [3.05, 3.63) is 76.9 Å². The van der Waals surface area contributed by atoms with E-state index in [0.717, 1.165) is 37.1 Å². The summed E-state index contributed by atoms with van der Waals surface area (Å²) in [7, 11) is 4.03. The van der Waals surface area contributed by atoms with Gasteiger partial charge in [-0.15, -0.1) is 0 Å². The van der Waals surface area contributed by atoms with Crippen LogP contribution in [0, 0.1) is 5.92 Å². The quantitative estimate of drug-likeness (QED) is 0.403. The van der Waals surface area contributed by atoms with Crippen molar-refractivity contribution in [1.82, 2.24) is 15.0 Å². The fraction of sp³-hybridized carbons (Fsp3) is 0.533. The Hall–Kier alpha value is -2.78. The zero-order valence-corrected chi connectivity index (χ0v) is 22.9. The molecule has 2 aliphatic rings. The summed E-state index contributed by atoms with van der Waals surface area (Å²) in [5, 5.41) is 16.0. The molecule has 0 radical (unpaired) electrons. The van der Waals surface area contributed by atoms with Gasteiger partial charge < -0.3 is 19.3 Å². The first kappa shape index (κ1) is 26.8. The van der Waals surface area contributed by atoms with E-state index >= 15 is 0 Å². The molecule has 3 aromatic rings. The normalized spacial score (nSPS) is 28.7. The summed E-state index contributed by atoms with van der Waals surface area (Å²) >= 11 is 0. The fourth-order valence-corrected chi connectivity index (χ4v) is 6.94. The van der Waals surface area contributed by atoms with E-state index in [1.54, 1.807) is 0 Å². The van der Waals surface area contributed by atoms with Crippen molar-refractivity contribution in [3.63, 3.8) is 0 Å². The molecule has 0 saturated heterocycles. The molecule has 2 aromatic carbocycles. The number of benzene rings is 2. The molecule has 0 bridgehead atoms. The van der Waals surface area contributed by atoms with Crippen molar-refractivity contribution in [1.29, 1.82) is 0 Å². The van der Waals surface area contributed by atoms with Gasteiger partial charge in [0.2, 0.25) is 11.7 Å². The topological polar surface area (TPSA) is 107 Å². The first-order valence-corrected chi connectivity index (χ1v) is 13.6. The van der Waals surface area contributed by atoms with Gasteiger partial charge in [-0.25, -0.2) is 5.90 Å². The van der Waals surface area contributed by atoms with Gasteiger partial charge in [-0.1, -0.05) is 48.5 Å². The predicted octanol–water partition coefficient (Wildman–Crippen LogP) is 4.29. The second-order valence-corrected chi connectivity index (χ2v) is 11.5. The average molecular weight is 521 g/mol. The molecule has 38 heavy (non-hydrogen) atoms. The van der Waals surface area contributed by atoms with Crippen LogP contribution in [0.5, 0.6) is 5.75 Å². The van der Waals surface area contributed by atoms with E-state index in [1.807, 2.05) is 57.4 Å². The van der Waals surface area contributed by atoms with Gasteiger partial charge >= 0.3 is 0 Å². The maximum absolute atomic E-state index is 12.0. The number of likely N-dealkylation sites (N-methyl/N-ethyl adjacent to an activating group) is 1. The Morgan fingerprint density at radius 1 is 1.18 bits per heavy atom. The second-order valence-electron chi connectivity index (χ2n) is 11.5. The van der Waals surface area contributed by atoms with Gasteiger partial charge in [0.05, 0.1) is 5.60 Å². The number of hydrogen-bond acceptors (Lipinski definition) is 8. The van der Waals surface area contributed by atoms with Gasteiger partial charge in [0.15, 0.2) is 6.61 Å². The number of aromatic nitrogens is 2. The average Bonchev–Trinajstić information content (AvgIpc) is 3.38. The van der Waals surface area contributed by atoms with Crippen LogP contribution in [-0.4, -0.2) is 46.4 Å². The van der Waals surface area contributed by atoms with Gasteiger partial charge in [-0.2, -0.15) is 4.98 Å². The summed E-state index contributed by atoms with van der Waals surface area (Å²) in [4.78, 5) is 12.3. The molecule has 0 unspecified atom stereocenters. The summed E-state index contributed by atoms with van der Waals surface area (Å²) in [5.41, 5.74) is 1.24. The third-order valence-electron chi connectivity index (χ3n) is 8.94. The number of ether oxygens (including phenoxy) is 1. The van der Waals surface area contributed by atoms with Crippen LogP contribution < -0.4 is 10.6 Å². The van der Waals surface area contributed by atoms with Gasteiger partial charge in [0.1, 0.15) is 11.4 Å². The van der Waals surface area contributed by atoms with Crippen LogP contribution in [0.3, 0.4) is 0 Å². The number of hydrogen-bond donors (Lipinski definition) is 2. The molecule has 0 amide bonds. The minimum Gasteiger partial charge on any atom is -0.485 e. The van der Waals surface area contributed by atoms with Crippen molar-refractivity contribution in [2.45, 2.75) is 75.6 Å². The highest BCUT2D eigenvalue weighted by Crippen LogP contribution is 2.61. The van der Waals surface area contributed by atoms with E-state index in [9.17, 15) is 5.11 Å². The minimum absolute atomic E-state index is 0.165. The molecule has 3 N–H and O–H groups in total. The molecule has 204 valence electrons. The summed E-state index contributed by atoms with van der Waals surface area (Å²) in [6.45, 7) is 5.22. The number of nitrogens with two attached hydrogens (primary N) is 1. The highest BCUT2D eigenvalue weighted by Gasteiger charge is 2.62. The lowest BCUT2D eigenvalue weighted by Crippen LogP contribution is -2.63. The Kier molecular flexibility index (Phi) is 7.35. The van der Waals surface area contributed by atoms with E-state index in [0.29, 0.717) is 36.9 Å². The maximum Gasteiger partial charge on any atom is 0.228 e. The smallest absolute Gasteiger partial charge is 0.228 e. The van der Waals surface area contributed by atoms with Crippen LogP contribution in [0.15, 0.2) is 53.1 Å². The lowest BCUT2D eigenvalue weighted by Gasteiger charge is -2.59. The standard InChI is InChI=1S/C30H40N4O4/c1-5-29-20-28(2,35)30(38-31,22-9-7-6-8-10-22)18-23(29)12-11-21-17-24(13-14-25(21)29)36-19-26-32-27(37-33-26)15-16-34(3)4/h6-10,13-14,17,23,35H,5,11-12,15-16,18-20,31H2,1-4H3/t23-,28-,29-,30-/m1/s1. The summed E-state index contributed by atoms with van der Waals surface area (Å²) in [5.74, 6) is 8.27. The van der Waals surface area contributed by atoms with E-state index in [4.69, 9.17) is 20.0 Å². The first-order chi connectivity index (χ1) is 18.2. The third kappa shape index (κ3) is 4.64. The molecule has 5 rings (SSSR count). The highest BCUT2D eigenvalue weighted by atomic mass is 16.6. The van der Waals surface area contributed by atoms with E-state index in [-0.39, 0.29) is 12.0 Å². The Balaban J connectivity index is 1.37. The molecule has 0 aliphatic heterocycles. The molecule has 2 aliphatic carbocycles. The SMILES string of the molecule is CC[C@@]12C[C@@](C)(O)[C@](ON)(c3ccccc3)C[C@H]1CCc1cc(OCc3noc(CCN(C)C)n3)ccc12. The zero-order valence-electron chi connectivity index (χ0n) is 22.9. The van der Waals surface area contributed by atoms with Crippen molar-refractivity contribution >= 4 is 0 Å². The molecule has 1 fully saturated rings. The summed E-state index contributed by atoms with van der Waals surface area (Å²) in [6.07, 6.45) is 4.81. The van der Waals surface area contributed by atoms with Crippen molar-refractivity contribution in [2.75, 3.05) is 20.6 Å². The number of rotatable bonds is 9. The van der Waals surface area contributed by atoms with E-state index in [1.165, 1.54) is 11.1 Å². The molecular weight excluding hydrogens is 480 g/mol. The molecule has 8 nitrogen and oxygen atoms in total. The Morgan fingerprint density at radius 2 is 1.97 bits per heavy atom. The van der Waals surface area contributed by atoms with Gasteiger partial charge in [0, 0.05) is 18.4 Å². The monoisotopic (exact) mass is 520 g/mol. The van der Waals surface area contributed by atoms with Gasteiger partial charge in [-0.05, 0) is 87.9 Å². The van der Waals surface area contributed by atoms with Gasteiger partial charge in [0.25, 0.3) is 0 Å². The first-order valence-electron chi connectivity index (χ1n) is 13.6. The second kappa shape index (κ2) is 10.4. The fourth-order valence-electron chi connectivity index (χ4n) is 6.94. The van der Waals surface area contributed by atoms with Crippen LogP contribution in [0.1, 0.15) is 67.9 Å². The molecule has 1 aromatic heterocycles. The van der Waals surface area contributed by atoms with Crippen LogP contribution in [0.4, 0.5) is 0 Å². The van der Waals surface area contributed by atoms with Crippen molar-refractivity contribution in [3.8, 4) is 5.75 Å². The molecule has 4 atom stereocenters. The molecule has 8 heteroatoms. The van der Waals surface area contributed by atoms with Crippen molar-refractivity contribution in [2.24, 2.45) is 11.8 Å². The number of aliphatic hydroxyl groups is 1. The zero-order chi connectivity index (χ0) is 27.0. The van der Waals surface area contributed by atoms with Crippen LogP contribution in [0.25, 0.3) is 0 Å². The largest absolute Gasteiger partial charge is 0.485 e. The van der Waals surface area contributed by atoms with Crippen LogP contribution in [0.2, 0.25) is 0 Å². The summed E-state index contributed by atoms with van der Waals surface area (Å²) < 4.78 is 11.4. The number of fused-ring (bicyclic) bond motifs is 3.